The quantitative estimate of drug-likeness (QED) is 0.776. The molecule has 0 aliphatic carbocycles. The number of halogens is 1. The molecule has 82 valence electrons. The van der Waals surface area contributed by atoms with Gasteiger partial charge in [-0.15, -0.1) is 0 Å². The minimum Gasteiger partial charge on any atom is -0.439 e. The third-order valence-corrected chi connectivity index (χ3v) is 3.07. The minimum atomic E-state index is 0.634. The lowest BCUT2D eigenvalue weighted by Gasteiger charge is -2.07. The summed E-state index contributed by atoms with van der Waals surface area (Å²) < 4.78 is 6.80. The van der Waals surface area contributed by atoms with Gasteiger partial charge in [0.25, 0.3) is 0 Å². The summed E-state index contributed by atoms with van der Waals surface area (Å²) in [4.78, 5) is 4.16. The molecule has 16 heavy (non-hydrogen) atoms. The molecule has 0 N–H and O–H groups in total. The minimum absolute atomic E-state index is 0.634. The summed E-state index contributed by atoms with van der Waals surface area (Å²) in [5.41, 5.74) is 2.49. The van der Waals surface area contributed by atoms with Crippen LogP contribution in [0.25, 0.3) is 0 Å². The van der Waals surface area contributed by atoms with Crippen LogP contribution in [0.15, 0.2) is 36.5 Å². The summed E-state index contributed by atoms with van der Waals surface area (Å²) in [5.74, 6) is 1.47. The van der Waals surface area contributed by atoms with Gasteiger partial charge < -0.3 is 4.74 Å². The predicted molar refractivity (Wildman–Crippen MR) is 72.9 cm³/mol. The van der Waals surface area contributed by atoms with E-state index in [4.69, 9.17) is 4.74 Å². The van der Waals surface area contributed by atoms with Crippen molar-refractivity contribution >= 4 is 22.6 Å². The Balaban J connectivity index is 2.24. The largest absolute Gasteiger partial charge is 0.439 e. The molecule has 0 saturated heterocycles. The maximum absolute atomic E-state index is 5.68. The van der Waals surface area contributed by atoms with Crippen molar-refractivity contribution in [2.75, 3.05) is 0 Å². The molecular formula is C13H12INO. The Hall–Kier alpha value is -1.10. The molecule has 0 unspecified atom stereocenters. The molecule has 2 rings (SSSR count). The van der Waals surface area contributed by atoms with E-state index in [9.17, 15) is 0 Å². The number of ether oxygens (including phenoxy) is 1. The molecule has 2 nitrogen and oxygen atoms in total. The molecule has 0 fully saturated rings. The molecule has 3 heteroatoms. The zero-order chi connectivity index (χ0) is 11.5. The average Bonchev–Trinajstić information content (AvgIpc) is 2.24. The molecule has 0 spiro atoms. The molecule has 1 heterocycles. The third-order valence-electron chi connectivity index (χ3n) is 2.40. The molecule has 0 amide bonds. The molecule has 0 atom stereocenters. The summed E-state index contributed by atoms with van der Waals surface area (Å²) >= 11 is 2.24. The fraction of sp³-hybridized carbons (Fsp3) is 0.154. The lowest BCUT2D eigenvalue weighted by Crippen LogP contribution is -1.89. The number of hydrogen-bond acceptors (Lipinski definition) is 2. The molecule has 0 bridgehead atoms. The van der Waals surface area contributed by atoms with Gasteiger partial charge in [-0.25, -0.2) is 4.98 Å². The van der Waals surface area contributed by atoms with Crippen LogP contribution in [0.2, 0.25) is 0 Å². The number of rotatable bonds is 2. The summed E-state index contributed by atoms with van der Waals surface area (Å²) in [6, 6.07) is 9.89. The molecule has 2 aromatic rings. The molecule has 1 aromatic carbocycles. The molecule has 1 aromatic heterocycles. The van der Waals surface area contributed by atoms with Crippen LogP contribution in [-0.4, -0.2) is 4.98 Å². The Bertz CT molecular complexity index is 511. The summed E-state index contributed by atoms with van der Waals surface area (Å²) in [5, 5.41) is 0. The van der Waals surface area contributed by atoms with Crippen LogP contribution in [0.1, 0.15) is 11.1 Å². The van der Waals surface area contributed by atoms with Gasteiger partial charge in [-0.3, -0.25) is 0 Å². The van der Waals surface area contributed by atoms with Crippen LogP contribution >= 0.6 is 22.6 Å². The van der Waals surface area contributed by atoms with Crippen LogP contribution in [0.4, 0.5) is 0 Å². The highest BCUT2D eigenvalue weighted by atomic mass is 127. The fourth-order valence-electron chi connectivity index (χ4n) is 1.34. The first-order chi connectivity index (χ1) is 7.65. The number of benzene rings is 1. The summed E-state index contributed by atoms with van der Waals surface area (Å²) in [6.45, 7) is 4.16. The highest BCUT2D eigenvalue weighted by Gasteiger charge is 2.00. The van der Waals surface area contributed by atoms with Crippen LogP contribution in [0.3, 0.4) is 0 Å². The Labute approximate surface area is 109 Å². The zero-order valence-corrected chi connectivity index (χ0v) is 11.4. The normalized spacial score (nSPS) is 10.2. The second-order valence-corrected chi connectivity index (χ2v) is 4.91. The van der Waals surface area contributed by atoms with Gasteiger partial charge in [-0.05, 0) is 65.8 Å². The van der Waals surface area contributed by atoms with Gasteiger partial charge in [-0.2, -0.15) is 0 Å². The van der Waals surface area contributed by atoms with Crippen molar-refractivity contribution < 1.29 is 4.74 Å². The van der Waals surface area contributed by atoms with E-state index in [1.807, 2.05) is 24.3 Å². The maximum Gasteiger partial charge on any atom is 0.220 e. The van der Waals surface area contributed by atoms with E-state index < -0.39 is 0 Å². The Morgan fingerprint density at radius 3 is 2.56 bits per heavy atom. The molecule has 0 saturated carbocycles. The topological polar surface area (TPSA) is 22.1 Å². The van der Waals surface area contributed by atoms with Gasteiger partial charge in [0.05, 0.1) is 0 Å². The van der Waals surface area contributed by atoms with Gasteiger partial charge in [-0.1, -0.05) is 6.07 Å². The third kappa shape index (κ3) is 2.72. The van der Waals surface area contributed by atoms with Gasteiger partial charge >= 0.3 is 0 Å². The Kier molecular flexibility index (Phi) is 3.43. The Morgan fingerprint density at radius 2 is 1.88 bits per heavy atom. The number of aryl methyl sites for hydroxylation is 2. The number of pyridine rings is 1. The van der Waals surface area contributed by atoms with Gasteiger partial charge in [0.2, 0.25) is 5.88 Å². The van der Waals surface area contributed by atoms with E-state index in [1.54, 1.807) is 6.20 Å². The van der Waals surface area contributed by atoms with Crippen molar-refractivity contribution in [1.29, 1.82) is 0 Å². The van der Waals surface area contributed by atoms with Crippen LogP contribution in [0, 0.1) is 17.4 Å². The van der Waals surface area contributed by atoms with E-state index in [2.05, 4.69) is 47.5 Å². The maximum atomic E-state index is 5.68. The first-order valence-electron chi connectivity index (χ1n) is 5.02. The van der Waals surface area contributed by atoms with E-state index in [-0.39, 0.29) is 0 Å². The molecular weight excluding hydrogens is 313 g/mol. The highest BCUT2D eigenvalue weighted by Crippen LogP contribution is 2.22. The van der Waals surface area contributed by atoms with Gasteiger partial charge in [0, 0.05) is 15.8 Å². The standard InChI is InChI=1S/C13H12INO/c1-9-3-4-12(7-10(9)2)16-13-8-11(14)5-6-15-13/h3-8H,1-2H3. The monoisotopic (exact) mass is 325 g/mol. The smallest absolute Gasteiger partial charge is 0.220 e. The molecule has 0 radical (unpaired) electrons. The second-order valence-electron chi connectivity index (χ2n) is 3.66. The highest BCUT2D eigenvalue weighted by molar-refractivity contribution is 14.1. The van der Waals surface area contributed by atoms with Gasteiger partial charge in [0.1, 0.15) is 5.75 Å². The zero-order valence-electron chi connectivity index (χ0n) is 9.20. The van der Waals surface area contributed by atoms with Crippen molar-refractivity contribution in [2.45, 2.75) is 13.8 Å². The first kappa shape index (κ1) is 11.4. The Morgan fingerprint density at radius 1 is 1.06 bits per heavy atom. The van der Waals surface area contributed by atoms with Crippen molar-refractivity contribution in [2.24, 2.45) is 0 Å². The summed E-state index contributed by atoms with van der Waals surface area (Å²) in [7, 11) is 0. The van der Waals surface area contributed by atoms with Crippen LogP contribution in [0.5, 0.6) is 11.6 Å². The van der Waals surface area contributed by atoms with Crippen molar-refractivity contribution in [1.82, 2.24) is 4.98 Å². The van der Waals surface area contributed by atoms with Crippen LogP contribution in [-0.2, 0) is 0 Å². The van der Waals surface area contributed by atoms with Crippen molar-refractivity contribution in [3.63, 3.8) is 0 Å². The first-order valence-corrected chi connectivity index (χ1v) is 6.10. The molecule has 0 aliphatic rings. The predicted octanol–water partition coefficient (Wildman–Crippen LogP) is 4.10. The fourth-order valence-corrected chi connectivity index (χ4v) is 1.77. The second kappa shape index (κ2) is 4.82. The number of nitrogens with zero attached hydrogens (tertiary/aromatic N) is 1. The van der Waals surface area contributed by atoms with E-state index in [1.165, 1.54) is 11.1 Å². The van der Waals surface area contributed by atoms with E-state index in [0.717, 1.165) is 9.32 Å². The van der Waals surface area contributed by atoms with Gasteiger partial charge in [0.15, 0.2) is 0 Å². The van der Waals surface area contributed by atoms with E-state index >= 15 is 0 Å². The average molecular weight is 325 g/mol. The van der Waals surface area contributed by atoms with Crippen molar-refractivity contribution in [3.05, 3.63) is 51.2 Å². The van der Waals surface area contributed by atoms with Crippen LogP contribution < -0.4 is 4.74 Å². The lowest BCUT2D eigenvalue weighted by molar-refractivity contribution is 0.462. The number of hydrogen-bond donors (Lipinski definition) is 0. The molecule has 0 aliphatic heterocycles. The SMILES string of the molecule is Cc1ccc(Oc2cc(I)ccn2)cc1C. The van der Waals surface area contributed by atoms with Crippen molar-refractivity contribution in [3.8, 4) is 11.6 Å². The number of aromatic nitrogens is 1. The summed E-state index contributed by atoms with van der Waals surface area (Å²) in [6.07, 6.45) is 1.75. The lowest BCUT2D eigenvalue weighted by atomic mass is 10.1. The van der Waals surface area contributed by atoms with E-state index in [0.29, 0.717) is 5.88 Å².